The van der Waals surface area contributed by atoms with Crippen LogP contribution in [0.15, 0.2) is 42.5 Å². The van der Waals surface area contributed by atoms with Crippen molar-refractivity contribution in [2.75, 3.05) is 5.32 Å². The molecule has 0 aromatic heterocycles. The predicted octanol–water partition coefficient (Wildman–Crippen LogP) is 3.61. The monoisotopic (exact) mass is 385 g/mol. The van der Waals surface area contributed by atoms with Crippen LogP contribution in [0.2, 0.25) is 0 Å². The molecule has 0 radical (unpaired) electrons. The van der Waals surface area contributed by atoms with E-state index in [1.54, 1.807) is 17.4 Å². The number of halogens is 4. The Bertz CT molecular complexity index is 861. The maximum absolute atomic E-state index is 14.1. The van der Waals surface area contributed by atoms with Crippen molar-refractivity contribution in [3.05, 3.63) is 59.4 Å². The Morgan fingerprint density at radius 2 is 1.67 bits per heavy atom. The SMILES string of the molecule is Cc1ccc(OC(=O)c2ccc(NC(=O)C(C)(O)C(F)(F)F)cc2F)cc1. The van der Waals surface area contributed by atoms with Crippen molar-refractivity contribution in [1.82, 2.24) is 0 Å². The van der Waals surface area contributed by atoms with E-state index in [0.29, 0.717) is 6.07 Å². The van der Waals surface area contributed by atoms with Crippen LogP contribution in [0.3, 0.4) is 0 Å². The number of rotatable bonds is 4. The Morgan fingerprint density at radius 3 is 2.19 bits per heavy atom. The Labute approximate surface area is 151 Å². The molecule has 2 aromatic rings. The molecule has 27 heavy (non-hydrogen) atoms. The van der Waals surface area contributed by atoms with Crippen LogP contribution in [0, 0.1) is 12.7 Å². The Kier molecular flexibility index (Phi) is 5.55. The number of benzene rings is 2. The standard InChI is InChI=1S/C18H15F4NO4/c1-10-3-6-12(7-4-10)27-15(24)13-8-5-11(9-14(13)19)23-16(25)17(2,26)18(20,21)22/h3-9,26H,1-2H3,(H,23,25). The highest BCUT2D eigenvalue weighted by molar-refractivity contribution is 5.98. The molecule has 144 valence electrons. The Balaban J connectivity index is 2.14. The molecular weight excluding hydrogens is 370 g/mol. The van der Waals surface area contributed by atoms with Gasteiger partial charge in [-0.2, -0.15) is 13.2 Å². The summed E-state index contributed by atoms with van der Waals surface area (Å²) in [5.74, 6) is -3.74. The van der Waals surface area contributed by atoms with E-state index in [1.807, 2.05) is 6.92 Å². The average Bonchev–Trinajstić information content (AvgIpc) is 2.55. The zero-order chi connectivity index (χ0) is 20.4. The van der Waals surface area contributed by atoms with Crippen LogP contribution in [-0.4, -0.2) is 28.8 Å². The highest BCUT2D eigenvalue weighted by Crippen LogP contribution is 2.31. The Morgan fingerprint density at radius 1 is 1.07 bits per heavy atom. The van der Waals surface area contributed by atoms with E-state index in [0.717, 1.165) is 17.7 Å². The van der Waals surface area contributed by atoms with Crippen molar-refractivity contribution >= 4 is 17.6 Å². The smallest absolute Gasteiger partial charge is 0.423 e. The number of alkyl halides is 3. The average molecular weight is 385 g/mol. The maximum atomic E-state index is 14.1. The topological polar surface area (TPSA) is 75.6 Å². The quantitative estimate of drug-likeness (QED) is 0.479. The minimum Gasteiger partial charge on any atom is -0.423 e. The fraction of sp³-hybridized carbons (Fsp3) is 0.222. The van der Waals surface area contributed by atoms with Crippen LogP contribution in [0.5, 0.6) is 5.75 Å². The zero-order valence-corrected chi connectivity index (χ0v) is 14.2. The summed E-state index contributed by atoms with van der Waals surface area (Å²) in [4.78, 5) is 23.6. The number of esters is 1. The largest absolute Gasteiger partial charge is 0.426 e. The number of ether oxygens (including phenoxy) is 1. The molecule has 5 nitrogen and oxygen atoms in total. The van der Waals surface area contributed by atoms with Gasteiger partial charge in [0.05, 0.1) is 5.56 Å². The number of carbonyl (C=O) groups excluding carboxylic acids is 2. The van der Waals surface area contributed by atoms with Gasteiger partial charge in [0, 0.05) is 5.69 Å². The van der Waals surface area contributed by atoms with Gasteiger partial charge < -0.3 is 15.2 Å². The molecule has 0 aliphatic heterocycles. The van der Waals surface area contributed by atoms with Crippen molar-refractivity contribution in [3.63, 3.8) is 0 Å². The third kappa shape index (κ3) is 4.62. The number of nitrogens with one attached hydrogen (secondary N) is 1. The number of aliphatic hydroxyl groups is 1. The minimum atomic E-state index is -5.21. The van der Waals surface area contributed by atoms with Crippen LogP contribution >= 0.6 is 0 Å². The summed E-state index contributed by atoms with van der Waals surface area (Å²) in [6, 6.07) is 9.01. The lowest BCUT2D eigenvalue weighted by Crippen LogP contribution is -2.52. The van der Waals surface area contributed by atoms with Gasteiger partial charge in [0.15, 0.2) is 0 Å². The third-order valence-corrected chi connectivity index (χ3v) is 3.67. The predicted molar refractivity (Wildman–Crippen MR) is 87.8 cm³/mol. The van der Waals surface area contributed by atoms with Crippen molar-refractivity contribution in [3.8, 4) is 5.75 Å². The highest BCUT2D eigenvalue weighted by atomic mass is 19.4. The van der Waals surface area contributed by atoms with Gasteiger partial charge >= 0.3 is 12.1 Å². The first-order chi connectivity index (χ1) is 12.4. The van der Waals surface area contributed by atoms with Gasteiger partial charge in [-0.05, 0) is 44.2 Å². The molecule has 0 saturated carbocycles. The normalized spacial score (nSPS) is 13.6. The summed E-state index contributed by atoms with van der Waals surface area (Å²) in [5, 5.41) is 11.0. The van der Waals surface area contributed by atoms with Crippen molar-refractivity contribution in [2.45, 2.75) is 25.6 Å². The van der Waals surface area contributed by atoms with Crippen LogP contribution in [-0.2, 0) is 4.79 Å². The molecule has 0 spiro atoms. The molecule has 2 aromatic carbocycles. The fourth-order valence-electron chi connectivity index (χ4n) is 1.91. The van der Waals surface area contributed by atoms with E-state index in [-0.39, 0.29) is 18.4 Å². The van der Waals surface area contributed by atoms with Gasteiger partial charge in [-0.25, -0.2) is 9.18 Å². The third-order valence-electron chi connectivity index (χ3n) is 3.67. The number of amides is 1. The van der Waals surface area contributed by atoms with Crippen LogP contribution in [0.25, 0.3) is 0 Å². The van der Waals surface area contributed by atoms with Gasteiger partial charge in [0.2, 0.25) is 5.60 Å². The molecule has 0 aliphatic rings. The van der Waals surface area contributed by atoms with Gasteiger partial charge in [-0.15, -0.1) is 0 Å². The van der Waals surface area contributed by atoms with E-state index < -0.39 is 35.0 Å². The fourth-order valence-corrected chi connectivity index (χ4v) is 1.91. The summed E-state index contributed by atoms with van der Waals surface area (Å²) in [6.07, 6.45) is -5.21. The summed E-state index contributed by atoms with van der Waals surface area (Å²) in [5.41, 5.74) is -3.58. The minimum absolute atomic E-state index is 0.184. The molecule has 0 fully saturated rings. The molecular formula is C18H15F4NO4. The first-order valence-corrected chi connectivity index (χ1v) is 7.61. The molecule has 2 rings (SSSR count). The lowest BCUT2D eigenvalue weighted by molar-refractivity contribution is -0.242. The summed E-state index contributed by atoms with van der Waals surface area (Å²) >= 11 is 0. The number of aryl methyl sites for hydroxylation is 1. The molecule has 0 heterocycles. The first kappa shape index (κ1) is 20.4. The number of hydrogen-bond acceptors (Lipinski definition) is 4. The van der Waals surface area contributed by atoms with Crippen molar-refractivity contribution in [2.24, 2.45) is 0 Å². The summed E-state index contributed by atoms with van der Waals surface area (Å²) in [7, 11) is 0. The lowest BCUT2D eigenvalue weighted by Gasteiger charge is -2.24. The lowest BCUT2D eigenvalue weighted by atomic mass is 10.1. The van der Waals surface area contributed by atoms with Gasteiger partial charge in [-0.3, -0.25) is 4.79 Å². The molecule has 1 amide bonds. The molecule has 0 bridgehead atoms. The molecule has 1 unspecified atom stereocenters. The van der Waals surface area contributed by atoms with Crippen LogP contribution in [0.4, 0.5) is 23.2 Å². The van der Waals surface area contributed by atoms with E-state index in [4.69, 9.17) is 4.74 Å². The molecule has 0 aliphatic carbocycles. The molecule has 2 N–H and O–H groups in total. The summed E-state index contributed by atoms with van der Waals surface area (Å²) in [6.45, 7) is 2.10. The van der Waals surface area contributed by atoms with Gasteiger partial charge in [0.1, 0.15) is 11.6 Å². The molecule has 9 heteroatoms. The second-order valence-electron chi connectivity index (χ2n) is 5.92. The Hall–Kier alpha value is -2.94. The van der Waals surface area contributed by atoms with Crippen molar-refractivity contribution in [1.29, 1.82) is 0 Å². The van der Waals surface area contributed by atoms with E-state index in [9.17, 15) is 32.3 Å². The molecule has 0 saturated heterocycles. The second kappa shape index (κ2) is 7.36. The van der Waals surface area contributed by atoms with E-state index in [1.165, 1.54) is 12.1 Å². The number of carbonyl (C=O) groups is 2. The van der Waals surface area contributed by atoms with Crippen LogP contribution < -0.4 is 10.1 Å². The number of hydrogen-bond donors (Lipinski definition) is 2. The van der Waals surface area contributed by atoms with Gasteiger partial charge in [-0.1, -0.05) is 17.7 Å². The first-order valence-electron chi connectivity index (χ1n) is 7.61. The zero-order valence-electron chi connectivity index (χ0n) is 14.2. The van der Waals surface area contributed by atoms with Crippen molar-refractivity contribution < 1.29 is 37.0 Å². The maximum Gasteiger partial charge on any atom is 0.426 e. The summed E-state index contributed by atoms with van der Waals surface area (Å²) < 4.78 is 57.0. The van der Waals surface area contributed by atoms with Gasteiger partial charge in [0.25, 0.3) is 5.91 Å². The van der Waals surface area contributed by atoms with Crippen LogP contribution in [0.1, 0.15) is 22.8 Å². The number of anilines is 1. The van der Waals surface area contributed by atoms with E-state index in [2.05, 4.69) is 0 Å². The molecule has 1 atom stereocenters. The second-order valence-corrected chi connectivity index (χ2v) is 5.92. The van der Waals surface area contributed by atoms with E-state index >= 15 is 0 Å². The highest BCUT2D eigenvalue weighted by Gasteiger charge is 2.55.